The van der Waals surface area contributed by atoms with Gasteiger partial charge in [0.2, 0.25) is 0 Å². The number of nitrogens with zero attached hydrogens (tertiary/aromatic N) is 1. The number of methoxy groups -OCH3 is 2. The first-order chi connectivity index (χ1) is 13.2. The Balaban J connectivity index is 1.76. The summed E-state index contributed by atoms with van der Waals surface area (Å²) in [6.07, 6.45) is 8.43. The fourth-order valence-electron chi connectivity index (χ4n) is 3.49. The van der Waals surface area contributed by atoms with Gasteiger partial charge in [-0.1, -0.05) is 31.4 Å². The summed E-state index contributed by atoms with van der Waals surface area (Å²) in [5, 5.41) is 0. The van der Waals surface area contributed by atoms with Crippen LogP contribution in [0.2, 0.25) is 0 Å². The fourth-order valence-corrected chi connectivity index (χ4v) is 3.49. The third-order valence-corrected chi connectivity index (χ3v) is 4.99. The maximum Gasteiger partial charge on any atom is 0.167 e. The molecule has 0 aliphatic heterocycles. The topological polar surface area (TPSA) is 47.9 Å². The Morgan fingerprint density at radius 1 is 1.04 bits per heavy atom. The Hall–Kier alpha value is -2.62. The summed E-state index contributed by atoms with van der Waals surface area (Å²) in [4.78, 5) is 17.4. The number of ketones is 1. The molecule has 0 atom stereocenters. The second-order valence-electron chi connectivity index (χ2n) is 7.02. The van der Waals surface area contributed by atoms with Crippen molar-refractivity contribution < 1.29 is 14.3 Å². The number of aliphatic imine (C=N–C) groups is 1. The van der Waals surface area contributed by atoms with E-state index in [0.717, 1.165) is 16.9 Å². The summed E-state index contributed by atoms with van der Waals surface area (Å²) in [6.45, 7) is 0. The van der Waals surface area contributed by atoms with Crippen LogP contribution in [-0.4, -0.2) is 32.3 Å². The minimum Gasteiger partial charge on any atom is -0.497 e. The predicted octanol–water partition coefficient (Wildman–Crippen LogP) is 4.88. The number of carbonyl (C=O) groups excluding carboxylic acids is 1. The molecule has 0 unspecified atom stereocenters. The molecule has 1 fully saturated rings. The number of hydrogen-bond donors (Lipinski definition) is 0. The SMILES string of the molecule is COc1cc(C=NC2CCCCC2)cc(CC(=O)c2cccc(OC)c2)c1. The van der Waals surface area contributed by atoms with Crippen molar-refractivity contribution in [3.05, 3.63) is 59.2 Å². The summed E-state index contributed by atoms with van der Waals surface area (Å²) in [7, 11) is 3.24. The lowest BCUT2D eigenvalue weighted by atomic mass is 9.96. The zero-order valence-electron chi connectivity index (χ0n) is 16.1. The zero-order valence-corrected chi connectivity index (χ0v) is 16.1. The van der Waals surface area contributed by atoms with Crippen LogP contribution in [0.15, 0.2) is 47.5 Å². The van der Waals surface area contributed by atoms with Gasteiger partial charge in [0.15, 0.2) is 5.78 Å². The van der Waals surface area contributed by atoms with Crippen molar-refractivity contribution in [3.8, 4) is 11.5 Å². The van der Waals surface area contributed by atoms with E-state index in [1.165, 1.54) is 32.1 Å². The molecule has 3 rings (SSSR count). The summed E-state index contributed by atoms with van der Waals surface area (Å²) in [6, 6.07) is 13.6. The molecule has 0 spiro atoms. The second-order valence-corrected chi connectivity index (χ2v) is 7.02. The second kappa shape index (κ2) is 9.36. The highest BCUT2D eigenvalue weighted by atomic mass is 16.5. The van der Waals surface area contributed by atoms with Gasteiger partial charge in [0, 0.05) is 24.2 Å². The van der Waals surface area contributed by atoms with Crippen LogP contribution < -0.4 is 9.47 Å². The first-order valence-corrected chi connectivity index (χ1v) is 9.56. The molecule has 0 saturated heterocycles. The molecule has 0 bridgehead atoms. The Morgan fingerprint density at radius 2 is 1.81 bits per heavy atom. The molecule has 2 aromatic rings. The third-order valence-electron chi connectivity index (χ3n) is 4.99. The third kappa shape index (κ3) is 5.43. The molecular formula is C23H27NO3. The van der Waals surface area contributed by atoms with Gasteiger partial charge < -0.3 is 9.47 Å². The van der Waals surface area contributed by atoms with Crippen molar-refractivity contribution >= 4 is 12.0 Å². The van der Waals surface area contributed by atoms with E-state index < -0.39 is 0 Å². The van der Waals surface area contributed by atoms with Crippen molar-refractivity contribution in [2.75, 3.05) is 14.2 Å². The molecule has 0 N–H and O–H groups in total. The van der Waals surface area contributed by atoms with Crippen molar-refractivity contribution in [2.45, 2.75) is 44.6 Å². The van der Waals surface area contributed by atoms with Gasteiger partial charge in [0.1, 0.15) is 11.5 Å². The predicted molar refractivity (Wildman–Crippen MR) is 108 cm³/mol. The molecule has 1 aliphatic carbocycles. The average Bonchev–Trinajstić information content (AvgIpc) is 2.72. The number of Topliss-reactive ketones (excluding diaryl/α,β-unsaturated/α-hetero) is 1. The van der Waals surface area contributed by atoms with Crippen LogP contribution in [0.25, 0.3) is 0 Å². The molecule has 1 aliphatic rings. The fraction of sp³-hybridized carbons (Fsp3) is 0.391. The van der Waals surface area contributed by atoms with Crippen LogP contribution in [0.5, 0.6) is 11.5 Å². The maximum atomic E-state index is 12.7. The van der Waals surface area contributed by atoms with E-state index in [1.54, 1.807) is 20.3 Å². The van der Waals surface area contributed by atoms with Crippen LogP contribution in [0.4, 0.5) is 0 Å². The van der Waals surface area contributed by atoms with Crippen molar-refractivity contribution in [2.24, 2.45) is 4.99 Å². The highest BCUT2D eigenvalue weighted by molar-refractivity contribution is 5.98. The first kappa shape index (κ1) is 19.2. The van der Waals surface area contributed by atoms with Gasteiger partial charge in [-0.25, -0.2) is 0 Å². The molecular weight excluding hydrogens is 338 g/mol. The zero-order chi connectivity index (χ0) is 19.1. The van der Waals surface area contributed by atoms with Gasteiger partial charge in [-0.2, -0.15) is 0 Å². The lowest BCUT2D eigenvalue weighted by Gasteiger charge is -2.17. The minimum absolute atomic E-state index is 0.0531. The van der Waals surface area contributed by atoms with E-state index in [0.29, 0.717) is 23.8 Å². The number of hydrogen-bond acceptors (Lipinski definition) is 4. The van der Waals surface area contributed by atoms with Crippen LogP contribution >= 0.6 is 0 Å². The van der Waals surface area contributed by atoms with E-state index >= 15 is 0 Å². The standard InChI is InChI=1S/C23H27NO3/c1-26-21-10-6-7-19(15-21)23(25)14-17-11-18(13-22(12-17)27-2)16-24-20-8-4-3-5-9-20/h6-7,10-13,15-16,20H,3-5,8-9,14H2,1-2H3. The molecule has 4 nitrogen and oxygen atoms in total. The van der Waals surface area contributed by atoms with Crippen LogP contribution in [-0.2, 0) is 6.42 Å². The summed E-state index contributed by atoms with van der Waals surface area (Å²) < 4.78 is 10.6. The maximum absolute atomic E-state index is 12.7. The Labute approximate surface area is 161 Å². The van der Waals surface area contributed by atoms with Crippen LogP contribution in [0, 0.1) is 0 Å². The van der Waals surface area contributed by atoms with E-state index in [1.807, 2.05) is 42.6 Å². The van der Waals surface area contributed by atoms with Crippen molar-refractivity contribution in [1.82, 2.24) is 0 Å². The molecule has 4 heteroatoms. The molecule has 142 valence electrons. The van der Waals surface area contributed by atoms with Gasteiger partial charge in [0.05, 0.1) is 14.2 Å². The normalized spacial score (nSPS) is 15.0. The Kier molecular flexibility index (Phi) is 6.64. The van der Waals surface area contributed by atoms with Gasteiger partial charge in [-0.15, -0.1) is 0 Å². The molecule has 0 heterocycles. The lowest BCUT2D eigenvalue weighted by Crippen LogP contribution is -2.09. The largest absolute Gasteiger partial charge is 0.497 e. The molecule has 0 radical (unpaired) electrons. The van der Waals surface area contributed by atoms with Crippen molar-refractivity contribution in [3.63, 3.8) is 0 Å². The van der Waals surface area contributed by atoms with Gasteiger partial charge in [0.25, 0.3) is 0 Å². The smallest absolute Gasteiger partial charge is 0.167 e. The monoisotopic (exact) mass is 365 g/mol. The Morgan fingerprint density at radius 3 is 2.56 bits per heavy atom. The number of rotatable bonds is 7. The highest BCUT2D eigenvalue weighted by Crippen LogP contribution is 2.22. The average molecular weight is 365 g/mol. The minimum atomic E-state index is 0.0531. The summed E-state index contributed by atoms with van der Waals surface area (Å²) in [5.74, 6) is 1.49. The summed E-state index contributed by atoms with van der Waals surface area (Å²) >= 11 is 0. The number of ether oxygens (including phenoxy) is 2. The van der Waals surface area contributed by atoms with Crippen LogP contribution in [0.1, 0.15) is 53.6 Å². The van der Waals surface area contributed by atoms with E-state index in [-0.39, 0.29) is 5.78 Å². The van der Waals surface area contributed by atoms with Gasteiger partial charge >= 0.3 is 0 Å². The molecule has 1 saturated carbocycles. The number of carbonyl (C=O) groups is 1. The Bertz CT molecular complexity index is 807. The highest BCUT2D eigenvalue weighted by Gasteiger charge is 2.12. The molecule has 2 aromatic carbocycles. The molecule has 27 heavy (non-hydrogen) atoms. The summed E-state index contributed by atoms with van der Waals surface area (Å²) in [5.41, 5.74) is 2.55. The molecule has 0 amide bonds. The number of benzene rings is 2. The quantitative estimate of drug-likeness (QED) is 0.519. The lowest BCUT2D eigenvalue weighted by molar-refractivity contribution is 0.0992. The van der Waals surface area contributed by atoms with Crippen molar-refractivity contribution in [1.29, 1.82) is 0 Å². The van der Waals surface area contributed by atoms with Gasteiger partial charge in [-0.3, -0.25) is 9.79 Å². The van der Waals surface area contributed by atoms with Gasteiger partial charge in [-0.05, 0) is 54.3 Å². The van der Waals surface area contributed by atoms with E-state index in [4.69, 9.17) is 14.5 Å². The van der Waals surface area contributed by atoms with E-state index in [2.05, 4.69) is 0 Å². The first-order valence-electron chi connectivity index (χ1n) is 9.56. The molecule has 0 aromatic heterocycles. The van der Waals surface area contributed by atoms with E-state index in [9.17, 15) is 4.79 Å². The van der Waals surface area contributed by atoms with Crippen LogP contribution in [0.3, 0.4) is 0 Å².